The van der Waals surface area contributed by atoms with Crippen LogP contribution >= 0.6 is 23.0 Å². The van der Waals surface area contributed by atoms with Crippen molar-refractivity contribution in [3.05, 3.63) is 0 Å². The van der Waals surface area contributed by atoms with E-state index >= 15 is 0 Å². The van der Waals surface area contributed by atoms with Gasteiger partial charge in [-0.15, -0.1) is 0 Å². The zero-order valence-corrected chi connectivity index (χ0v) is 23.1. The van der Waals surface area contributed by atoms with Gasteiger partial charge in [-0.05, 0) is 26.7 Å². The lowest BCUT2D eigenvalue weighted by atomic mass is 9.75. The smallest absolute Gasteiger partial charge is 0.317 e. The Morgan fingerprint density at radius 2 is 1.74 bits per heavy atom. The second-order valence-corrected chi connectivity index (χ2v) is 9.45. The van der Waals surface area contributed by atoms with Crippen LogP contribution in [-0.4, -0.2) is 55.3 Å². The molecule has 6 unspecified atom stereocenters. The topological polar surface area (TPSA) is 144 Å². The van der Waals surface area contributed by atoms with Crippen LogP contribution < -0.4 is 5.73 Å². The molecule has 0 aromatic rings. The lowest BCUT2D eigenvalue weighted by molar-refractivity contribution is -0.159. The van der Waals surface area contributed by atoms with E-state index in [-0.39, 0.29) is 36.0 Å². The third kappa shape index (κ3) is 7.62. The third-order valence-electron chi connectivity index (χ3n) is 6.66. The second-order valence-electron chi connectivity index (χ2n) is 9.05. The molecule has 1 aliphatic heterocycles. The summed E-state index contributed by atoms with van der Waals surface area (Å²) >= 11 is 1.51. The highest BCUT2D eigenvalue weighted by molar-refractivity contribution is 14.1. The van der Waals surface area contributed by atoms with E-state index < -0.39 is 47.6 Å². The van der Waals surface area contributed by atoms with Gasteiger partial charge in [-0.3, -0.25) is 19.2 Å². The summed E-state index contributed by atoms with van der Waals surface area (Å²) in [7, 11) is 1.56. The summed E-state index contributed by atoms with van der Waals surface area (Å²) in [5.74, 6) is -5.79. The fourth-order valence-corrected chi connectivity index (χ4v) is 4.45. The van der Waals surface area contributed by atoms with Crippen LogP contribution in [0.2, 0.25) is 0 Å². The first-order chi connectivity index (χ1) is 15.9. The zero-order valence-electron chi connectivity index (χ0n) is 20.9. The van der Waals surface area contributed by atoms with Gasteiger partial charge in [0.1, 0.15) is 36.1 Å². The Morgan fingerprint density at radius 1 is 1.12 bits per heavy atom. The maximum Gasteiger partial charge on any atom is 0.317 e. The van der Waals surface area contributed by atoms with Crippen LogP contribution in [0.3, 0.4) is 0 Å². The monoisotopic (exact) mass is 596 g/mol. The number of nitrogens with zero attached hydrogens (tertiary/aromatic N) is 1. The largest absolute Gasteiger partial charge is 0.461 e. The number of ether oxygens (including phenoxy) is 3. The molecule has 1 saturated heterocycles. The summed E-state index contributed by atoms with van der Waals surface area (Å²) < 4.78 is 20.7. The number of cyclic esters (lactones) is 1. The van der Waals surface area contributed by atoms with E-state index in [1.54, 1.807) is 21.0 Å². The Hall–Kier alpha value is -1.76. The van der Waals surface area contributed by atoms with E-state index in [2.05, 4.69) is 8.32 Å². The molecule has 0 bridgehead atoms. The second kappa shape index (κ2) is 14.0. The molecule has 8 atom stereocenters. The molecular formula is C23H37IN2O8. The molecule has 1 aliphatic rings. The highest BCUT2D eigenvalue weighted by Crippen LogP contribution is 2.37. The molecule has 0 radical (unpaired) electrons. The van der Waals surface area contributed by atoms with Crippen LogP contribution in [0.1, 0.15) is 54.4 Å². The number of carbonyl (C=O) groups is 4. The van der Waals surface area contributed by atoms with Crippen molar-refractivity contribution >= 4 is 52.3 Å². The molecule has 34 heavy (non-hydrogen) atoms. The summed E-state index contributed by atoms with van der Waals surface area (Å²) in [5.41, 5.74) is 5.95. The quantitative estimate of drug-likeness (QED) is 0.0800. The number of nitrogens with two attached hydrogens (primary N) is 1. The van der Waals surface area contributed by atoms with Crippen molar-refractivity contribution in [2.75, 3.05) is 13.7 Å². The Morgan fingerprint density at radius 3 is 2.26 bits per heavy atom. The van der Waals surface area contributed by atoms with Crippen LogP contribution in [0.15, 0.2) is 5.16 Å². The molecule has 1 rings (SSSR count). The minimum atomic E-state index is -1.02. The normalized spacial score (nSPS) is 25.0. The number of Topliss-reactive ketones (excluding diaryl/α,β-unsaturated/α-hetero) is 2. The minimum absolute atomic E-state index is 0.0556. The maximum absolute atomic E-state index is 12.9. The Balaban J connectivity index is 3.01. The van der Waals surface area contributed by atoms with Gasteiger partial charge >= 0.3 is 11.9 Å². The maximum atomic E-state index is 12.9. The minimum Gasteiger partial charge on any atom is -0.461 e. The third-order valence-corrected chi connectivity index (χ3v) is 6.86. The van der Waals surface area contributed by atoms with E-state index in [4.69, 9.17) is 19.9 Å². The van der Waals surface area contributed by atoms with Gasteiger partial charge in [0.05, 0.1) is 6.10 Å². The van der Waals surface area contributed by atoms with Crippen molar-refractivity contribution in [3.63, 3.8) is 0 Å². The average molecular weight is 596 g/mol. The summed E-state index contributed by atoms with van der Waals surface area (Å²) in [6.45, 7) is 10.2. The molecule has 0 aliphatic carbocycles. The van der Waals surface area contributed by atoms with Crippen LogP contribution in [0.25, 0.3) is 0 Å². The number of amidine groups is 1. The van der Waals surface area contributed by atoms with Crippen molar-refractivity contribution < 1.29 is 36.6 Å². The first kappa shape index (κ1) is 30.3. The molecule has 10 nitrogen and oxygen atoms in total. The number of rotatable bonds is 14. The summed E-state index contributed by atoms with van der Waals surface area (Å²) in [6, 6.07) is 0. The molecule has 1 fully saturated rings. The molecule has 0 spiro atoms. The number of esters is 2. The van der Waals surface area contributed by atoms with E-state index in [1.165, 1.54) is 29.9 Å². The molecule has 0 aromatic heterocycles. The van der Waals surface area contributed by atoms with Crippen LogP contribution in [-0.2, 0) is 36.6 Å². The molecule has 1 heterocycles. The van der Waals surface area contributed by atoms with Gasteiger partial charge in [0.2, 0.25) is 23.0 Å². The van der Waals surface area contributed by atoms with Gasteiger partial charge in [0.15, 0.2) is 5.84 Å². The van der Waals surface area contributed by atoms with Crippen LogP contribution in [0, 0.1) is 35.5 Å². The van der Waals surface area contributed by atoms with Crippen molar-refractivity contribution in [2.45, 2.75) is 66.6 Å². The number of methoxy groups -OCH3 is 1. The van der Waals surface area contributed by atoms with Crippen molar-refractivity contribution in [3.8, 4) is 0 Å². The number of carbonyl (C=O) groups excluding carboxylic acids is 4. The molecular weight excluding hydrogens is 559 g/mol. The van der Waals surface area contributed by atoms with Gasteiger partial charge in [-0.25, -0.2) is 0 Å². The van der Waals surface area contributed by atoms with E-state index in [1.807, 2.05) is 20.8 Å². The van der Waals surface area contributed by atoms with Gasteiger partial charge < -0.3 is 23.1 Å². The Bertz CT molecular complexity index is 774. The number of ketones is 2. The first-order valence-electron chi connectivity index (χ1n) is 11.5. The van der Waals surface area contributed by atoms with E-state index in [0.29, 0.717) is 12.8 Å². The Labute approximate surface area is 215 Å². The summed E-state index contributed by atoms with van der Waals surface area (Å²) in [4.78, 5) is 50.8. The standard InChI is InChI=1S/C23H37IN2O8/c1-8-11(2)19(27)14(5)17-16(33-23(30)18(17)21(25)26-34-24)10-32-22(29)15(6)20(28)12(3)9-13(4)31-7/h11-18H,8-10H2,1-7H3,(H2,25,26)/t11-,12?,13+,14?,15?,16?,17?,18?/m1/s1. The average Bonchev–Trinajstić information content (AvgIpc) is 3.15. The molecule has 2 N–H and O–H groups in total. The van der Waals surface area contributed by atoms with Gasteiger partial charge in [0, 0.05) is 30.8 Å². The summed E-state index contributed by atoms with van der Waals surface area (Å²) in [6.07, 6.45) is 0.0696. The Kier molecular flexibility index (Phi) is 12.4. The van der Waals surface area contributed by atoms with E-state index in [9.17, 15) is 19.2 Å². The molecule has 0 amide bonds. The first-order valence-corrected chi connectivity index (χ1v) is 12.4. The zero-order chi connectivity index (χ0) is 26.2. The number of hydrogen-bond acceptors (Lipinski definition) is 9. The van der Waals surface area contributed by atoms with Crippen molar-refractivity contribution in [1.29, 1.82) is 0 Å². The highest BCUT2D eigenvalue weighted by Gasteiger charge is 2.52. The lowest BCUT2D eigenvalue weighted by Crippen LogP contribution is -2.42. The van der Waals surface area contributed by atoms with Crippen molar-refractivity contribution in [1.82, 2.24) is 0 Å². The van der Waals surface area contributed by atoms with Crippen LogP contribution in [0.4, 0.5) is 0 Å². The lowest BCUT2D eigenvalue weighted by Gasteiger charge is -2.27. The fraction of sp³-hybridized carbons (Fsp3) is 0.783. The summed E-state index contributed by atoms with van der Waals surface area (Å²) in [5, 5.41) is 3.65. The number of oxime groups is 1. The van der Waals surface area contributed by atoms with Gasteiger partial charge in [-0.1, -0.05) is 32.9 Å². The van der Waals surface area contributed by atoms with Crippen LogP contribution in [0.5, 0.6) is 0 Å². The predicted octanol–water partition coefficient (Wildman–Crippen LogP) is 2.84. The molecule has 11 heteroatoms. The predicted molar refractivity (Wildman–Crippen MR) is 133 cm³/mol. The SMILES string of the molecule is CC[C@@H](C)C(=O)C(C)C1C(COC(=O)C(C)C(=O)C(C)C[C@H](C)OC)OC(=O)C1/C(N)=N/OI. The molecule has 0 aromatic carbocycles. The molecule has 0 saturated carbocycles. The van der Waals surface area contributed by atoms with Gasteiger partial charge in [-0.2, -0.15) is 0 Å². The fourth-order valence-electron chi connectivity index (χ4n) is 4.23. The number of hydrogen-bond donors (Lipinski definition) is 1. The van der Waals surface area contributed by atoms with Crippen molar-refractivity contribution in [2.24, 2.45) is 46.4 Å². The van der Waals surface area contributed by atoms with Gasteiger partial charge in [0.25, 0.3) is 0 Å². The molecule has 194 valence electrons. The number of halogens is 1. The van der Waals surface area contributed by atoms with E-state index in [0.717, 1.165) is 0 Å². The highest BCUT2D eigenvalue weighted by atomic mass is 127.